The third-order valence-electron chi connectivity index (χ3n) is 7.21. The lowest BCUT2D eigenvalue weighted by Gasteiger charge is -2.25. The van der Waals surface area contributed by atoms with Crippen LogP contribution in [0.25, 0.3) is 16.6 Å². The number of pyridine rings is 1. The number of hydrogen-bond acceptors (Lipinski definition) is 5. The number of fused-ring (bicyclic) bond motifs is 3. The number of nitrogens with zero attached hydrogens (tertiary/aromatic N) is 5. The second-order valence-electron chi connectivity index (χ2n) is 11.1. The van der Waals surface area contributed by atoms with E-state index in [0.717, 1.165) is 29.0 Å². The molecule has 0 atom stereocenters. The van der Waals surface area contributed by atoms with Crippen LogP contribution in [-0.2, 0) is 19.3 Å². The fourth-order valence-electron chi connectivity index (χ4n) is 5.09. The van der Waals surface area contributed by atoms with Crippen molar-refractivity contribution in [2.24, 2.45) is 5.92 Å². The molecule has 0 unspecified atom stereocenters. The van der Waals surface area contributed by atoms with Crippen LogP contribution in [0, 0.1) is 26.7 Å². The molecule has 1 amide bonds. The number of aryl methyl sites for hydroxylation is 3. The van der Waals surface area contributed by atoms with Gasteiger partial charge in [-0.05, 0) is 68.1 Å². The Hall–Kier alpha value is -4.47. The maximum atomic E-state index is 13.7. The fourth-order valence-corrected chi connectivity index (χ4v) is 5.09. The molecule has 10 heteroatoms. The lowest BCUT2D eigenvalue weighted by atomic mass is 10.1. The molecule has 1 N–H and O–H groups in total. The van der Waals surface area contributed by atoms with Crippen LogP contribution in [0.3, 0.4) is 0 Å². The van der Waals surface area contributed by atoms with Gasteiger partial charge in [-0.2, -0.15) is 13.2 Å². The second-order valence-corrected chi connectivity index (χ2v) is 11.1. The summed E-state index contributed by atoms with van der Waals surface area (Å²) >= 11 is 0. The summed E-state index contributed by atoms with van der Waals surface area (Å²) < 4.78 is 40.9. The van der Waals surface area contributed by atoms with Gasteiger partial charge in [0.25, 0.3) is 5.91 Å². The first-order chi connectivity index (χ1) is 19.9. The summed E-state index contributed by atoms with van der Waals surface area (Å²) in [6.45, 7) is 11.1. The minimum atomic E-state index is -4.47. The summed E-state index contributed by atoms with van der Waals surface area (Å²) in [5.41, 5.74) is 6.64. The third-order valence-corrected chi connectivity index (χ3v) is 7.21. The highest BCUT2D eigenvalue weighted by molar-refractivity contribution is 5.98. The summed E-state index contributed by atoms with van der Waals surface area (Å²) in [5, 5.41) is 3.48. The highest BCUT2D eigenvalue weighted by atomic mass is 19.4. The van der Waals surface area contributed by atoms with E-state index in [1.165, 1.54) is 22.8 Å². The van der Waals surface area contributed by atoms with Gasteiger partial charge in [0.05, 0.1) is 34.5 Å². The van der Waals surface area contributed by atoms with Crippen LogP contribution in [0.4, 0.5) is 19.0 Å². The van der Waals surface area contributed by atoms with E-state index >= 15 is 0 Å². The Morgan fingerprint density at radius 1 is 1.02 bits per heavy atom. The highest BCUT2D eigenvalue weighted by Crippen LogP contribution is 2.29. The van der Waals surface area contributed by atoms with Crippen LogP contribution in [0.15, 0.2) is 61.1 Å². The quantitative estimate of drug-likeness (QED) is 0.213. The molecule has 0 aliphatic rings. The summed E-state index contributed by atoms with van der Waals surface area (Å²) in [6.07, 6.45) is -1.94. The van der Waals surface area contributed by atoms with E-state index in [2.05, 4.69) is 47.3 Å². The smallest absolute Gasteiger partial charge is 0.364 e. The molecule has 218 valence electrons. The average Bonchev–Trinajstić information content (AvgIpc) is 3.33. The number of halogens is 3. The van der Waals surface area contributed by atoms with Crippen LogP contribution in [0.5, 0.6) is 0 Å². The van der Waals surface area contributed by atoms with Crippen LogP contribution in [-0.4, -0.2) is 36.7 Å². The SMILES string of the molecule is Cc1ccc(CNc2nc3ccc(C(=O)N(Cc4ccc(C(F)(F)F)cn4)CC(C)C)cc3n3cnc(C)c23)c(C)c1. The van der Waals surface area contributed by atoms with Crippen molar-refractivity contribution in [3.8, 4) is 0 Å². The molecule has 5 rings (SSSR count). The van der Waals surface area contributed by atoms with Crippen LogP contribution >= 0.6 is 0 Å². The van der Waals surface area contributed by atoms with Gasteiger partial charge in [0.15, 0.2) is 5.82 Å². The van der Waals surface area contributed by atoms with Crippen molar-refractivity contribution in [1.29, 1.82) is 0 Å². The predicted molar refractivity (Wildman–Crippen MR) is 157 cm³/mol. The number of nitrogens with one attached hydrogen (secondary N) is 1. The van der Waals surface area contributed by atoms with Crippen LogP contribution < -0.4 is 5.32 Å². The van der Waals surface area contributed by atoms with Crippen molar-refractivity contribution in [2.45, 2.75) is 53.9 Å². The minimum Gasteiger partial charge on any atom is -0.364 e. The zero-order valence-electron chi connectivity index (χ0n) is 24.3. The van der Waals surface area contributed by atoms with Crippen molar-refractivity contribution in [1.82, 2.24) is 24.3 Å². The Bertz CT molecular complexity index is 1760. The molecule has 0 saturated carbocycles. The number of carbonyl (C=O) groups excluding carboxylic acids is 1. The number of carbonyl (C=O) groups is 1. The van der Waals surface area contributed by atoms with Crippen molar-refractivity contribution in [2.75, 3.05) is 11.9 Å². The summed E-state index contributed by atoms with van der Waals surface area (Å²) in [5.74, 6) is 0.597. The van der Waals surface area contributed by atoms with E-state index in [4.69, 9.17) is 4.98 Å². The van der Waals surface area contributed by atoms with Gasteiger partial charge in [-0.15, -0.1) is 0 Å². The van der Waals surface area contributed by atoms with E-state index in [0.29, 0.717) is 35.7 Å². The lowest BCUT2D eigenvalue weighted by Crippen LogP contribution is -2.34. The standard InChI is InChI=1S/C32H33F3N6O/c1-19(2)16-40(17-26-10-9-25(15-36-26)32(33,34)35)31(42)23-8-11-27-28(13-23)41-18-38-22(5)29(41)30(39-27)37-14-24-7-6-20(3)12-21(24)4/h6-13,15,18-19H,14,16-17H2,1-5H3,(H,37,39). The molecular weight excluding hydrogens is 541 g/mol. The summed E-state index contributed by atoms with van der Waals surface area (Å²) in [4.78, 5) is 28.7. The zero-order valence-corrected chi connectivity index (χ0v) is 24.3. The van der Waals surface area contributed by atoms with Crippen molar-refractivity contribution in [3.05, 3.63) is 100 Å². The van der Waals surface area contributed by atoms with Gasteiger partial charge in [0.1, 0.15) is 11.8 Å². The van der Waals surface area contributed by atoms with E-state index in [1.54, 1.807) is 23.4 Å². The molecule has 42 heavy (non-hydrogen) atoms. The Labute approximate surface area is 242 Å². The monoisotopic (exact) mass is 574 g/mol. The van der Waals surface area contributed by atoms with Gasteiger partial charge in [-0.25, -0.2) is 9.97 Å². The first-order valence-electron chi connectivity index (χ1n) is 13.8. The van der Waals surface area contributed by atoms with Gasteiger partial charge in [-0.3, -0.25) is 14.2 Å². The Balaban J connectivity index is 1.46. The van der Waals surface area contributed by atoms with Gasteiger partial charge in [0, 0.05) is 24.8 Å². The maximum absolute atomic E-state index is 13.7. The van der Waals surface area contributed by atoms with E-state index in [1.807, 2.05) is 31.2 Å². The molecule has 0 saturated heterocycles. The highest BCUT2D eigenvalue weighted by Gasteiger charge is 2.31. The number of hydrogen-bond donors (Lipinski definition) is 1. The number of anilines is 1. The Morgan fingerprint density at radius 2 is 1.81 bits per heavy atom. The topological polar surface area (TPSA) is 75.4 Å². The summed E-state index contributed by atoms with van der Waals surface area (Å²) in [7, 11) is 0. The molecule has 0 radical (unpaired) electrons. The Kier molecular flexibility index (Phi) is 7.90. The predicted octanol–water partition coefficient (Wildman–Crippen LogP) is 7.13. The van der Waals surface area contributed by atoms with Gasteiger partial charge in [0.2, 0.25) is 0 Å². The van der Waals surface area contributed by atoms with Crippen LogP contribution in [0.1, 0.15) is 57.8 Å². The van der Waals surface area contributed by atoms with Gasteiger partial charge >= 0.3 is 6.18 Å². The molecule has 0 aliphatic heterocycles. The van der Waals surface area contributed by atoms with Gasteiger partial charge in [-0.1, -0.05) is 37.6 Å². The lowest BCUT2D eigenvalue weighted by molar-refractivity contribution is -0.137. The van der Waals surface area contributed by atoms with E-state index in [-0.39, 0.29) is 18.4 Å². The number of alkyl halides is 3. The number of amides is 1. The number of imidazole rings is 1. The third kappa shape index (κ3) is 6.07. The summed E-state index contributed by atoms with van der Waals surface area (Å²) in [6, 6.07) is 14.0. The molecule has 2 aromatic carbocycles. The molecule has 0 bridgehead atoms. The van der Waals surface area contributed by atoms with Gasteiger partial charge < -0.3 is 10.2 Å². The number of aromatic nitrogens is 4. The average molecular weight is 575 g/mol. The minimum absolute atomic E-state index is 0.0896. The van der Waals surface area contributed by atoms with Crippen molar-refractivity contribution >= 4 is 28.3 Å². The molecule has 0 fully saturated rings. The molecule has 5 aromatic rings. The first-order valence-corrected chi connectivity index (χ1v) is 13.8. The second kappa shape index (κ2) is 11.4. The fraction of sp³-hybridized carbons (Fsp3) is 0.312. The van der Waals surface area contributed by atoms with E-state index in [9.17, 15) is 18.0 Å². The molecular formula is C32H33F3N6O. The van der Waals surface area contributed by atoms with Crippen molar-refractivity contribution < 1.29 is 18.0 Å². The van der Waals surface area contributed by atoms with E-state index < -0.39 is 11.7 Å². The normalized spacial score (nSPS) is 11.9. The zero-order chi connectivity index (χ0) is 30.2. The number of benzene rings is 2. The number of rotatable bonds is 8. The maximum Gasteiger partial charge on any atom is 0.417 e. The van der Waals surface area contributed by atoms with Crippen LogP contribution in [0.2, 0.25) is 0 Å². The molecule has 0 spiro atoms. The molecule has 7 nitrogen and oxygen atoms in total. The Morgan fingerprint density at radius 3 is 2.48 bits per heavy atom. The molecule has 3 heterocycles. The molecule has 3 aromatic heterocycles. The largest absolute Gasteiger partial charge is 0.417 e. The van der Waals surface area contributed by atoms with Crippen molar-refractivity contribution in [3.63, 3.8) is 0 Å². The molecule has 0 aliphatic carbocycles. The first kappa shape index (κ1) is 29.0.